The van der Waals surface area contributed by atoms with Crippen molar-refractivity contribution >= 4 is 5.95 Å². The van der Waals surface area contributed by atoms with Crippen LogP contribution in [0.2, 0.25) is 0 Å². The number of anilines is 1. The molecule has 0 spiro atoms. The average Bonchev–Trinajstić information content (AvgIpc) is 2.57. The summed E-state index contributed by atoms with van der Waals surface area (Å²) in [5, 5.41) is 28.1. The van der Waals surface area contributed by atoms with E-state index in [4.69, 9.17) is 15.6 Å². The molecule has 0 saturated carbocycles. The smallest absolute Gasteiger partial charge is 0.354 e. The largest absolute Gasteiger partial charge is 0.394 e. The van der Waals surface area contributed by atoms with Crippen LogP contribution in [0.3, 0.4) is 0 Å². The van der Waals surface area contributed by atoms with Crippen LogP contribution in [0, 0.1) is 0 Å². The number of nitrogen functional groups attached to an aromatic ring is 1. The molecule has 9 heteroatoms. The van der Waals surface area contributed by atoms with Crippen molar-refractivity contribution in [3.63, 3.8) is 0 Å². The Hall–Kier alpha value is -1.55. The van der Waals surface area contributed by atoms with Crippen molar-refractivity contribution in [2.75, 3.05) is 12.3 Å². The van der Waals surface area contributed by atoms with Gasteiger partial charge < -0.3 is 25.8 Å². The fraction of sp³-hybridized carbons (Fsp3) is 0.625. The Bertz CT molecular complexity index is 463. The first-order chi connectivity index (χ1) is 8.04. The minimum atomic E-state index is -1.35. The van der Waals surface area contributed by atoms with E-state index in [1.165, 1.54) is 0 Å². The van der Waals surface area contributed by atoms with Gasteiger partial charge in [0.1, 0.15) is 24.6 Å². The van der Waals surface area contributed by atoms with Gasteiger partial charge in [-0.15, -0.1) is 0 Å². The maximum atomic E-state index is 11.5. The van der Waals surface area contributed by atoms with Gasteiger partial charge in [-0.3, -0.25) is 4.57 Å². The van der Waals surface area contributed by atoms with Crippen LogP contribution in [0.15, 0.2) is 11.1 Å². The van der Waals surface area contributed by atoms with Crippen LogP contribution in [0.5, 0.6) is 0 Å². The molecule has 4 atom stereocenters. The van der Waals surface area contributed by atoms with Gasteiger partial charge in [0.05, 0.1) is 6.61 Å². The highest BCUT2D eigenvalue weighted by Gasteiger charge is 2.43. The molecule has 1 fully saturated rings. The summed E-state index contributed by atoms with van der Waals surface area (Å²) in [5.41, 5.74) is 4.46. The Labute approximate surface area is 95.1 Å². The minimum absolute atomic E-state index is 0.196. The molecule has 0 unspecified atom stereocenters. The molecule has 1 aromatic heterocycles. The molecule has 94 valence electrons. The first kappa shape index (κ1) is 11.9. The van der Waals surface area contributed by atoms with Crippen LogP contribution in [-0.4, -0.2) is 54.8 Å². The molecule has 1 aromatic rings. The van der Waals surface area contributed by atoms with Gasteiger partial charge in [-0.25, -0.2) is 9.78 Å². The highest BCUT2D eigenvalue weighted by atomic mass is 16.6. The number of hydrogen-bond donors (Lipinski definition) is 4. The zero-order valence-corrected chi connectivity index (χ0v) is 8.67. The monoisotopic (exact) mass is 246 g/mol. The Morgan fingerprint density at radius 1 is 1.53 bits per heavy atom. The maximum Gasteiger partial charge on any atom is 0.354 e. The van der Waals surface area contributed by atoms with Crippen LogP contribution in [0.25, 0.3) is 0 Å². The third kappa shape index (κ3) is 2.00. The van der Waals surface area contributed by atoms with E-state index >= 15 is 0 Å². The molecular formula is C8H12N4O5. The van der Waals surface area contributed by atoms with Gasteiger partial charge >= 0.3 is 5.69 Å². The number of nitrogens with two attached hydrogens (primary N) is 1. The van der Waals surface area contributed by atoms with Crippen molar-refractivity contribution < 1.29 is 20.1 Å². The predicted octanol–water partition coefficient (Wildman–Crippen LogP) is -3.17. The molecular weight excluding hydrogens is 234 g/mol. The normalized spacial score (nSPS) is 32.9. The standard InChI is InChI=1S/C8H12N4O5/c9-7-10-2-12(8(16)11-7)6-5(15)4(14)3(1-13)17-6/h2-6,13-15H,1H2,(H2,9,11,16)/t3-,4-,5-,6-/m1/s1/i7+2. The third-order valence-electron chi connectivity index (χ3n) is 2.54. The van der Waals surface area contributed by atoms with Crippen molar-refractivity contribution in [2.45, 2.75) is 24.5 Å². The highest BCUT2D eigenvalue weighted by molar-refractivity contribution is 5.10. The zero-order valence-electron chi connectivity index (χ0n) is 8.67. The lowest BCUT2D eigenvalue weighted by Crippen LogP contribution is -2.36. The van der Waals surface area contributed by atoms with Gasteiger partial charge in [0.25, 0.3) is 0 Å². The molecule has 0 aliphatic carbocycles. The molecule has 17 heavy (non-hydrogen) atoms. The molecule has 0 amide bonds. The molecule has 1 saturated heterocycles. The number of rotatable bonds is 2. The Balaban J connectivity index is 2.32. The summed E-state index contributed by atoms with van der Waals surface area (Å²) in [6.45, 7) is -0.473. The summed E-state index contributed by atoms with van der Waals surface area (Å²) in [6.07, 6.45) is -3.67. The van der Waals surface area contributed by atoms with Crippen LogP contribution in [-0.2, 0) is 4.74 Å². The number of aliphatic hydroxyl groups is 3. The van der Waals surface area contributed by atoms with E-state index in [1.54, 1.807) is 0 Å². The van der Waals surface area contributed by atoms with E-state index in [1.807, 2.05) is 0 Å². The van der Waals surface area contributed by atoms with Gasteiger partial charge in [0.15, 0.2) is 6.23 Å². The molecule has 0 radical (unpaired) electrons. The topological polar surface area (TPSA) is 144 Å². The molecule has 1 aliphatic rings. The lowest BCUT2D eigenvalue weighted by molar-refractivity contribution is -0.0554. The molecule has 1 aliphatic heterocycles. The summed E-state index contributed by atoms with van der Waals surface area (Å²) in [4.78, 5) is 18.4. The molecule has 0 bridgehead atoms. The third-order valence-corrected chi connectivity index (χ3v) is 2.54. The van der Waals surface area contributed by atoms with Crippen molar-refractivity contribution in [3.05, 3.63) is 16.8 Å². The number of aromatic nitrogens is 3. The second-order valence-corrected chi connectivity index (χ2v) is 3.63. The lowest BCUT2D eigenvalue weighted by Gasteiger charge is -2.16. The van der Waals surface area contributed by atoms with Gasteiger partial charge in [-0.05, 0) is 0 Å². The van der Waals surface area contributed by atoms with Crippen LogP contribution >= 0.6 is 0 Å². The van der Waals surface area contributed by atoms with E-state index in [2.05, 4.69) is 9.97 Å². The molecule has 2 heterocycles. The predicted molar refractivity (Wildman–Crippen MR) is 53.7 cm³/mol. The summed E-state index contributed by atoms with van der Waals surface area (Å²) >= 11 is 0. The quantitative estimate of drug-likeness (QED) is 0.428. The first-order valence-corrected chi connectivity index (χ1v) is 4.87. The van der Waals surface area contributed by atoms with E-state index in [-0.39, 0.29) is 5.95 Å². The highest BCUT2D eigenvalue weighted by Crippen LogP contribution is 2.27. The minimum Gasteiger partial charge on any atom is -0.394 e. The second kappa shape index (κ2) is 4.37. The molecule has 5 N–H and O–H groups in total. The van der Waals surface area contributed by atoms with Crippen LogP contribution in [0.1, 0.15) is 6.23 Å². The van der Waals surface area contributed by atoms with E-state index in [0.717, 1.165) is 10.9 Å². The van der Waals surface area contributed by atoms with E-state index in [0.29, 0.717) is 0 Å². The first-order valence-electron chi connectivity index (χ1n) is 4.87. The van der Waals surface area contributed by atoms with E-state index in [9.17, 15) is 15.0 Å². The van der Waals surface area contributed by atoms with Crippen LogP contribution in [0.4, 0.5) is 5.95 Å². The van der Waals surface area contributed by atoms with Crippen molar-refractivity contribution in [2.24, 2.45) is 0 Å². The summed E-state index contributed by atoms with van der Waals surface area (Å²) in [6, 6.07) is 0. The fourth-order valence-corrected chi connectivity index (χ4v) is 1.64. The Morgan fingerprint density at radius 2 is 2.24 bits per heavy atom. The maximum absolute atomic E-state index is 11.5. The van der Waals surface area contributed by atoms with Crippen LogP contribution < -0.4 is 11.4 Å². The van der Waals surface area contributed by atoms with Gasteiger partial charge in [0, 0.05) is 0 Å². The average molecular weight is 246 g/mol. The number of aliphatic hydroxyl groups excluding tert-OH is 3. The summed E-state index contributed by atoms with van der Waals surface area (Å²) in [7, 11) is 0. The van der Waals surface area contributed by atoms with Crippen molar-refractivity contribution in [1.29, 1.82) is 0 Å². The number of hydrogen-bond acceptors (Lipinski definition) is 8. The lowest BCUT2D eigenvalue weighted by atomic mass is 10.1. The Kier molecular flexibility index (Phi) is 3.07. The zero-order chi connectivity index (χ0) is 12.6. The molecule has 2 rings (SSSR count). The number of nitrogens with zero attached hydrogens (tertiary/aromatic N) is 3. The number of ether oxygens (including phenoxy) is 1. The van der Waals surface area contributed by atoms with E-state index < -0.39 is 36.8 Å². The molecule has 9 nitrogen and oxygen atoms in total. The van der Waals surface area contributed by atoms with Gasteiger partial charge in [-0.1, -0.05) is 0 Å². The van der Waals surface area contributed by atoms with Crippen molar-refractivity contribution in [3.8, 4) is 0 Å². The second-order valence-electron chi connectivity index (χ2n) is 3.63. The van der Waals surface area contributed by atoms with Crippen molar-refractivity contribution in [1.82, 2.24) is 14.5 Å². The fourth-order valence-electron chi connectivity index (χ4n) is 1.64. The summed E-state index contributed by atoms with van der Waals surface area (Å²) < 4.78 is 6.04. The van der Waals surface area contributed by atoms with Gasteiger partial charge in [0.2, 0.25) is 5.95 Å². The SMILES string of the molecule is N[14c]1ncn([C@@H]2O[C@H](CO)[C@@H](O)[C@H]2O)c(=O)n1. The molecule has 0 aromatic carbocycles. The Morgan fingerprint density at radius 3 is 2.76 bits per heavy atom. The van der Waals surface area contributed by atoms with Gasteiger partial charge in [-0.2, -0.15) is 4.98 Å². The summed E-state index contributed by atoms with van der Waals surface area (Å²) in [5.74, 6) is -0.196.